The zero-order valence-corrected chi connectivity index (χ0v) is 12.8. The summed E-state index contributed by atoms with van der Waals surface area (Å²) in [6.07, 6.45) is 7.48. The minimum Gasteiger partial charge on any atom is -0.391 e. The normalized spacial score (nSPS) is 25.1. The Morgan fingerprint density at radius 2 is 2.05 bits per heavy atom. The van der Waals surface area contributed by atoms with Gasteiger partial charge >= 0.3 is 0 Å². The second-order valence-electron chi connectivity index (χ2n) is 6.77. The highest BCUT2D eigenvalue weighted by atomic mass is 16.3. The molecule has 1 saturated heterocycles. The molecule has 1 unspecified atom stereocenters. The second-order valence-corrected chi connectivity index (χ2v) is 6.77. The van der Waals surface area contributed by atoms with Crippen molar-refractivity contribution in [2.24, 2.45) is 5.92 Å². The maximum Gasteiger partial charge on any atom is 0.109 e. The highest BCUT2D eigenvalue weighted by molar-refractivity contribution is 5.08. The summed E-state index contributed by atoms with van der Waals surface area (Å²) < 4.78 is 2.16. The molecule has 0 radical (unpaired) electrons. The van der Waals surface area contributed by atoms with Crippen molar-refractivity contribution in [3.63, 3.8) is 0 Å². The molecule has 0 saturated carbocycles. The lowest BCUT2D eigenvalue weighted by molar-refractivity contribution is 0.130. The van der Waals surface area contributed by atoms with Gasteiger partial charge in [0.2, 0.25) is 0 Å². The molecule has 0 amide bonds. The Bertz CT molecular complexity index is 447. The molecule has 1 aromatic rings. The van der Waals surface area contributed by atoms with Crippen LogP contribution >= 0.6 is 0 Å². The molecule has 20 heavy (non-hydrogen) atoms. The van der Waals surface area contributed by atoms with Gasteiger partial charge in [0.15, 0.2) is 0 Å². The van der Waals surface area contributed by atoms with E-state index in [1.807, 2.05) is 0 Å². The van der Waals surface area contributed by atoms with Crippen LogP contribution in [0.25, 0.3) is 0 Å². The Kier molecular flexibility index (Phi) is 4.13. The van der Waals surface area contributed by atoms with Crippen molar-refractivity contribution in [3.8, 4) is 0 Å². The number of nitrogens with zero attached hydrogens (tertiary/aromatic N) is 3. The summed E-state index contributed by atoms with van der Waals surface area (Å²) in [6.45, 7) is 7.77. The number of imidazole rings is 1. The standard InChI is InChI=1S/C16H27N3O/c1-12(2)18-7-5-13(6-8-18)9-14-10-19-11-15(20)3-4-16(19)17-14/h10,12-13,15,20H,3-9,11H2,1-2H3. The van der Waals surface area contributed by atoms with Crippen LogP contribution in [0.1, 0.15) is 44.6 Å². The van der Waals surface area contributed by atoms with Gasteiger partial charge in [-0.1, -0.05) is 0 Å². The lowest BCUT2D eigenvalue weighted by Crippen LogP contribution is -2.38. The van der Waals surface area contributed by atoms with Gasteiger partial charge in [0.25, 0.3) is 0 Å². The molecular weight excluding hydrogens is 250 g/mol. The number of aliphatic hydroxyl groups is 1. The first-order valence-electron chi connectivity index (χ1n) is 8.09. The molecule has 1 N–H and O–H groups in total. The Balaban J connectivity index is 1.57. The fourth-order valence-electron chi connectivity index (χ4n) is 3.55. The molecule has 1 aromatic heterocycles. The first-order valence-corrected chi connectivity index (χ1v) is 8.09. The number of hydrogen-bond donors (Lipinski definition) is 1. The minimum atomic E-state index is -0.182. The molecule has 1 atom stereocenters. The monoisotopic (exact) mass is 277 g/mol. The van der Waals surface area contributed by atoms with Crippen LogP contribution in [0.4, 0.5) is 0 Å². The minimum absolute atomic E-state index is 0.182. The number of likely N-dealkylation sites (tertiary alicyclic amines) is 1. The van der Waals surface area contributed by atoms with Crippen molar-refractivity contribution in [2.75, 3.05) is 13.1 Å². The van der Waals surface area contributed by atoms with Crippen LogP contribution in [0.3, 0.4) is 0 Å². The highest BCUT2D eigenvalue weighted by Gasteiger charge is 2.23. The maximum atomic E-state index is 9.71. The van der Waals surface area contributed by atoms with Crippen molar-refractivity contribution in [1.82, 2.24) is 14.5 Å². The third-order valence-corrected chi connectivity index (χ3v) is 4.89. The topological polar surface area (TPSA) is 41.3 Å². The maximum absolute atomic E-state index is 9.71. The van der Waals surface area contributed by atoms with E-state index < -0.39 is 0 Å². The number of aromatic nitrogens is 2. The summed E-state index contributed by atoms with van der Waals surface area (Å²) >= 11 is 0. The molecule has 3 rings (SSSR count). The number of rotatable bonds is 3. The third kappa shape index (κ3) is 3.07. The number of aryl methyl sites for hydroxylation is 1. The van der Waals surface area contributed by atoms with E-state index in [0.29, 0.717) is 6.04 Å². The van der Waals surface area contributed by atoms with Gasteiger partial charge < -0.3 is 14.6 Å². The molecule has 0 bridgehead atoms. The molecule has 0 spiro atoms. The molecule has 4 nitrogen and oxygen atoms in total. The average Bonchev–Trinajstić information content (AvgIpc) is 2.80. The summed E-state index contributed by atoms with van der Waals surface area (Å²) in [4.78, 5) is 7.35. The SMILES string of the molecule is CC(C)N1CCC(Cc2cn3c(n2)CCC(O)C3)CC1. The van der Waals surface area contributed by atoms with Crippen molar-refractivity contribution in [3.05, 3.63) is 17.7 Å². The first-order chi connectivity index (χ1) is 9.61. The van der Waals surface area contributed by atoms with E-state index >= 15 is 0 Å². The van der Waals surface area contributed by atoms with Gasteiger partial charge in [-0.2, -0.15) is 0 Å². The Hall–Kier alpha value is -0.870. The van der Waals surface area contributed by atoms with Crippen LogP contribution < -0.4 is 0 Å². The summed E-state index contributed by atoms with van der Waals surface area (Å²) in [5.74, 6) is 1.96. The second kappa shape index (κ2) is 5.86. The van der Waals surface area contributed by atoms with E-state index in [4.69, 9.17) is 4.98 Å². The van der Waals surface area contributed by atoms with Crippen LogP contribution in [0.5, 0.6) is 0 Å². The molecule has 2 aliphatic heterocycles. The van der Waals surface area contributed by atoms with Gasteiger partial charge in [-0.05, 0) is 58.5 Å². The quantitative estimate of drug-likeness (QED) is 0.917. The molecule has 2 aliphatic rings. The highest BCUT2D eigenvalue weighted by Crippen LogP contribution is 2.24. The van der Waals surface area contributed by atoms with Gasteiger partial charge in [0, 0.05) is 25.2 Å². The predicted molar refractivity (Wildman–Crippen MR) is 79.7 cm³/mol. The van der Waals surface area contributed by atoms with Crippen LogP contribution in [0, 0.1) is 5.92 Å². The molecular formula is C16H27N3O. The fraction of sp³-hybridized carbons (Fsp3) is 0.812. The first kappa shape index (κ1) is 14.1. The van der Waals surface area contributed by atoms with Crippen molar-refractivity contribution in [2.45, 2.75) is 64.6 Å². The van der Waals surface area contributed by atoms with E-state index in [0.717, 1.165) is 31.7 Å². The van der Waals surface area contributed by atoms with Crippen LogP contribution in [0.15, 0.2) is 6.20 Å². The van der Waals surface area contributed by atoms with Crippen molar-refractivity contribution < 1.29 is 5.11 Å². The van der Waals surface area contributed by atoms with Gasteiger partial charge in [-0.25, -0.2) is 4.98 Å². The van der Waals surface area contributed by atoms with Gasteiger partial charge in [-0.15, -0.1) is 0 Å². The van der Waals surface area contributed by atoms with Gasteiger partial charge in [-0.3, -0.25) is 0 Å². The molecule has 0 aliphatic carbocycles. The average molecular weight is 277 g/mol. The van der Waals surface area contributed by atoms with Crippen molar-refractivity contribution in [1.29, 1.82) is 0 Å². The lowest BCUT2D eigenvalue weighted by Gasteiger charge is -2.34. The number of hydrogen-bond acceptors (Lipinski definition) is 3. The van der Waals surface area contributed by atoms with E-state index in [1.165, 1.54) is 37.4 Å². The zero-order valence-electron chi connectivity index (χ0n) is 12.8. The van der Waals surface area contributed by atoms with E-state index in [-0.39, 0.29) is 6.10 Å². The molecule has 112 valence electrons. The Labute approximate surface area is 121 Å². The predicted octanol–water partition coefficient (Wildman–Crippen LogP) is 1.85. The van der Waals surface area contributed by atoms with Gasteiger partial charge in [0.05, 0.1) is 11.8 Å². The molecule has 4 heteroatoms. The summed E-state index contributed by atoms with van der Waals surface area (Å²) in [6, 6.07) is 0.678. The number of fused-ring (bicyclic) bond motifs is 1. The fourth-order valence-corrected chi connectivity index (χ4v) is 3.55. The van der Waals surface area contributed by atoms with Crippen LogP contribution in [0.2, 0.25) is 0 Å². The lowest BCUT2D eigenvalue weighted by atomic mass is 9.92. The summed E-state index contributed by atoms with van der Waals surface area (Å²) in [7, 11) is 0. The third-order valence-electron chi connectivity index (χ3n) is 4.89. The van der Waals surface area contributed by atoms with Crippen LogP contribution in [-0.4, -0.2) is 44.8 Å². The van der Waals surface area contributed by atoms with E-state index in [2.05, 4.69) is 29.5 Å². The van der Waals surface area contributed by atoms with E-state index in [1.54, 1.807) is 0 Å². The summed E-state index contributed by atoms with van der Waals surface area (Å²) in [5.41, 5.74) is 1.23. The molecule has 0 aromatic carbocycles. The van der Waals surface area contributed by atoms with Crippen LogP contribution in [-0.2, 0) is 19.4 Å². The largest absolute Gasteiger partial charge is 0.391 e. The zero-order chi connectivity index (χ0) is 14.1. The van der Waals surface area contributed by atoms with Crippen molar-refractivity contribution >= 4 is 0 Å². The van der Waals surface area contributed by atoms with E-state index in [9.17, 15) is 5.11 Å². The number of aliphatic hydroxyl groups excluding tert-OH is 1. The Morgan fingerprint density at radius 1 is 1.30 bits per heavy atom. The molecule has 3 heterocycles. The molecule has 1 fully saturated rings. The number of piperidine rings is 1. The summed E-state index contributed by atoms with van der Waals surface area (Å²) in [5, 5.41) is 9.71. The smallest absolute Gasteiger partial charge is 0.109 e. The van der Waals surface area contributed by atoms with Gasteiger partial charge in [0.1, 0.15) is 5.82 Å². The Morgan fingerprint density at radius 3 is 2.75 bits per heavy atom.